The van der Waals surface area contributed by atoms with Crippen molar-refractivity contribution in [2.75, 3.05) is 6.67 Å². The van der Waals surface area contributed by atoms with Gasteiger partial charge in [0.05, 0.1) is 12.1 Å². The van der Waals surface area contributed by atoms with E-state index in [1.807, 2.05) is 37.9 Å². The molecule has 0 fully saturated rings. The molecule has 1 heterocycles. The van der Waals surface area contributed by atoms with Gasteiger partial charge >= 0.3 is 0 Å². The lowest BCUT2D eigenvalue weighted by Crippen LogP contribution is -2.51. The molecule has 0 radical (unpaired) electrons. The molecular weight excluding hydrogens is 333 g/mol. The first kappa shape index (κ1) is 18.5. The molecule has 2 rings (SSSR count). The Labute approximate surface area is 148 Å². The zero-order chi connectivity index (χ0) is 17.0. The number of aliphatic imine (C=N–C) groups is 1. The standard InChI is InChI=1S/C17H25Cl2N3O/c1-17(2,3)16(23)15(22-11-20-10-21-22)6-4-5-12-7-8-13(18)9-14(12)19/h7-9,11,15-16,21,23H,4-6,10H2,1-3H3. The molecule has 1 aromatic rings. The van der Waals surface area contributed by atoms with Crippen LogP contribution in [-0.4, -0.2) is 35.3 Å². The Morgan fingerprint density at radius 3 is 2.65 bits per heavy atom. The van der Waals surface area contributed by atoms with Gasteiger partial charge in [-0.2, -0.15) is 0 Å². The van der Waals surface area contributed by atoms with Crippen LogP contribution in [0.5, 0.6) is 0 Å². The quantitative estimate of drug-likeness (QED) is 0.811. The van der Waals surface area contributed by atoms with E-state index in [9.17, 15) is 5.11 Å². The highest BCUT2D eigenvalue weighted by Gasteiger charge is 2.34. The average Bonchev–Trinajstić information content (AvgIpc) is 2.98. The summed E-state index contributed by atoms with van der Waals surface area (Å²) in [5, 5.41) is 14.0. The number of hydrogen-bond donors (Lipinski definition) is 2. The maximum atomic E-state index is 10.7. The molecule has 0 amide bonds. The summed E-state index contributed by atoms with van der Waals surface area (Å²) in [5.41, 5.74) is 4.08. The number of aryl methyl sites for hydroxylation is 1. The van der Waals surface area contributed by atoms with Gasteiger partial charge in [0.2, 0.25) is 0 Å². The van der Waals surface area contributed by atoms with Crippen molar-refractivity contribution in [3.63, 3.8) is 0 Å². The molecule has 23 heavy (non-hydrogen) atoms. The van der Waals surface area contributed by atoms with Gasteiger partial charge in [0.15, 0.2) is 0 Å². The molecule has 2 N–H and O–H groups in total. The van der Waals surface area contributed by atoms with Crippen LogP contribution in [0.2, 0.25) is 10.0 Å². The zero-order valence-electron chi connectivity index (χ0n) is 13.9. The summed E-state index contributed by atoms with van der Waals surface area (Å²) in [6, 6.07) is 5.58. The Balaban J connectivity index is 1.99. The molecule has 128 valence electrons. The Morgan fingerprint density at radius 1 is 1.35 bits per heavy atom. The summed E-state index contributed by atoms with van der Waals surface area (Å²) in [5.74, 6) is 0. The predicted molar refractivity (Wildman–Crippen MR) is 97.0 cm³/mol. The van der Waals surface area contributed by atoms with Gasteiger partial charge in [-0.25, -0.2) is 5.43 Å². The fourth-order valence-corrected chi connectivity index (χ4v) is 3.25. The topological polar surface area (TPSA) is 47.9 Å². The SMILES string of the molecule is CC(C)(C)C(O)C(CCCc1ccc(Cl)cc1Cl)N1C=NCN1. The van der Waals surface area contributed by atoms with E-state index >= 15 is 0 Å². The van der Waals surface area contributed by atoms with E-state index < -0.39 is 6.10 Å². The second kappa shape index (κ2) is 7.84. The van der Waals surface area contributed by atoms with Gasteiger partial charge in [0.1, 0.15) is 13.0 Å². The Morgan fingerprint density at radius 2 is 2.09 bits per heavy atom. The second-order valence-electron chi connectivity index (χ2n) is 7.03. The number of nitrogens with one attached hydrogen (secondary N) is 1. The molecule has 1 aliphatic heterocycles. The summed E-state index contributed by atoms with van der Waals surface area (Å²) < 4.78 is 0. The van der Waals surface area contributed by atoms with Crippen molar-refractivity contribution in [1.29, 1.82) is 0 Å². The summed E-state index contributed by atoms with van der Waals surface area (Å²) >= 11 is 12.2. The van der Waals surface area contributed by atoms with Gasteiger partial charge in [-0.3, -0.25) is 10.0 Å². The van der Waals surface area contributed by atoms with Crippen molar-refractivity contribution >= 4 is 29.5 Å². The lowest BCUT2D eigenvalue weighted by molar-refractivity contribution is -0.0104. The number of benzene rings is 1. The van der Waals surface area contributed by atoms with Gasteiger partial charge in [-0.15, -0.1) is 0 Å². The number of hydrazine groups is 1. The van der Waals surface area contributed by atoms with Gasteiger partial charge in [-0.1, -0.05) is 50.0 Å². The first-order valence-corrected chi connectivity index (χ1v) is 8.68. The fraction of sp³-hybridized carbons (Fsp3) is 0.588. The van der Waals surface area contributed by atoms with Crippen LogP contribution in [0.1, 0.15) is 39.2 Å². The molecule has 0 bridgehead atoms. The predicted octanol–water partition coefficient (Wildman–Crippen LogP) is 3.90. The van der Waals surface area contributed by atoms with Crippen LogP contribution < -0.4 is 5.43 Å². The third-order valence-electron chi connectivity index (χ3n) is 4.12. The summed E-state index contributed by atoms with van der Waals surface area (Å²) in [6.45, 7) is 6.71. The van der Waals surface area contributed by atoms with Crippen LogP contribution in [0.4, 0.5) is 0 Å². The Kier molecular flexibility index (Phi) is 6.32. The molecule has 0 aromatic heterocycles. The van der Waals surface area contributed by atoms with Crippen LogP contribution in [0.25, 0.3) is 0 Å². The monoisotopic (exact) mass is 357 g/mol. The summed E-state index contributed by atoms with van der Waals surface area (Å²) in [6.07, 6.45) is 3.94. The minimum atomic E-state index is -0.458. The molecule has 4 nitrogen and oxygen atoms in total. The van der Waals surface area contributed by atoms with E-state index in [4.69, 9.17) is 23.2 Å². The maximum absolute atomic E-state index is 10.7. The van der Waals surface area contributed by atoms with Crippen molar-refractivity contribution in [2.24, 2.45) is 10.4 Å². The Bertz CT molecular complexity index is 557. The summed E-state index contributed by atoms with van der Waals surface area (Å²) in [7, 11) is 0. The summed E-state index contributed by atoms with van der Waals surface area (Å²) in [4.78, 5) is 4.18. The van der Waals surface area contributed by atoms with Crippen molar-refractivity contribution in [3.05, 3.63) is 33.8 Å². The van der Waals surface area contributed by atoms with Crippen molar-refractivity contribution in [1.82, 2.24) is 10.4 Å². The molecule has 2 atom stereocenters. The zero-order valence-corrected chi connectivity index (χ0v) is 15.4. The highest BCUT2D eigenvalue weighted by molar-refractivity contribution is 6.35. The molecule has 1 aromatic carbocycles. The number of aliphatic hydroxyl groups is 1. The average molecular weight is 358 g/mol. The highest BCUT2D eigenvalue weighted by Crippen LogP contribution is 2.28. The second-order valence-corrected chi connectivity index (χ2v) is 7.87. The number of halogens is 2. The van der Waals surface area contributed by atoms with Crippen molar-refractivity contribution in [3.8, 4) is 0 Å². The lowest BCUT2D eigenvalue weighted by atomic mass is 9.82. The van der Waals surface area contributed by atoms with E-state index in [1.165, 1.54) is 0 Å². The van der Waals surface area contributed by atoms with Crippen molar-refractivity contribution < 1.29 is 5.11 Å². The van der Waals surface area contributed by atoms with Gasteiger partial charge < -0.3 is 5.11 Å². The number of nitrogens with zero attached hydrogens (tertiary/aromatic N) is 2. The van der Waals surface area contributed by atoms with E-state index in [1.54, 1.807) is 12.4 Å². The van der Waals surface area contributed by atoms with Crippen LogP contribution in [0, 0.1) is 5.41 Å². The minimum Gasteiger partial charge on any atom is -0.390 e. The fourth-order valence-electron chi connectivity index (χ4n) is 2.75. The lowest BCUT2D eigenvalue weighted by Gasteiger charge is -2.37. The molecule has 6 heteroatoms. The molecule has 0 saturated heterocycles. The number of hydrogen-bond acceptors (Lipinski definition) is 4. The molecule has 0 saturated carbocycles. The van der Waals surface area contributed by atoms with E-state index in [-0.39, 0.29) is 11.5 Å². The smallest absolute Gasteiger partial charge is 0.107 e. The number of rotatable bonds is 6. The van der Waals surface area contributed by atoms with Gasteiger partial charge in [0.25, 0.3) is 0 Å². The molecule has 2 unspecified atom stereocenters. The van der Waals surface area contributed by atoms with E-state index in [0.717, 1.165) is 24.8 Å². The normalized spacial score (nSPS) is 17.6. The maximum Gasteiger partial charge on any atom is 0.107 e. The van der Waals surface area contributed by atoms with Crippen LogP contribution in [0.3, 0.4) is 0 Å². The van der Waals surface area contributed by atoms with E-state index in [2.05, 4.69) is 10.4 Å². The highest BCUT2D eigenvalue weighted by atomic mass is 35.5. The molecule has 0 aliphatic carbocycles. The third-order valence-corrected chi connectivity index (χ3v) is 4.71. The first-order valence-electron chi connectivity index (χ1n) is 7.93. The van der Waals surface area contributed by atoms with Gasteiger partial charge in [0, 0.05) is 10.0 Å². The molecular formula is C17H25Cl2N3O. The Hall–Kier alpha value is -0.810. The largest absolute Gasteiger partial charge is 0.390 e. The molecule has 0 spiro atoms. The molecule has 1 aliphatic rings. The van der Waals surface area contributed by atoms with Crippen molar-refractivity contribution in [2.45, 2.75) is 52.2 Å². The third kappa shape index (κ3) is 5.08. The minimum absolute atomic E-state index is 0.0210. The van der Waals surface area contributed by atoms with Crippen LogP contribution >= 0.6 is 23.2 Å². The van der Waals surface area contributed by atoms with Crippen LogP contribution in [-0.2, 0) is 6.42 Å². The van der Waals surface area contributed by atoms with Crippen LogP contribution in [0.15, 0.2) is 23.2 Å². The number of aliphatic hydroxyl groups excluding tert-OH is 1. The van der Waals surface area contributed by atoms with Gasteiger partial charge in [-0.05, 0) is 42.4 Å². The van der Waals surface area contributed by atoms with E-state index in [0.29, 0.717) is 16.7 Å². The first-order chi connectivity index (χ1) is 10.8.